The second kappa shape index (κ2) is 4.36. The molecule has 0 bridgehead atoms. The van der Waals surface area contributed by atoms with Crippen LogP contribution in [-0.4, -0.2) is 23.1 Å². The van der Waals surface area contributed by atoms with Gasteiger partial charge in [-0.25, -0.2) is 10.8 Å². The van der Waals surface area contributed by atoms with Gasteiger partial charge in [0.25, 0.3) is 0 Å². The summed E-state index contributed by atoms with van der Waals surface area (Å²) in [5.41, 5.74) is 1.07. The lowest BCUT2D eigenvalue weighted by atomic mass is 10.3. The number of nitrogens with one attached hydrogen (secondary N) is 1. The molecule has 8 heteroatoms. The van der Waals surface area contributed by atoms with Crippen LogP contribution in [0, 0.1) is 0 Å². The van der Waals surface area contributed by atoms with Crippen LogP contribution in [0.1, 0.15) is 18.5 Å². The molecule has 0 aromatic carbocycles. The molecule has 1 aliphatic rings. The quantitative estimate of drug-likeness (QED) is 0.610. The van der Waals surface area contributed by atoms with Crippen molar-refractivity contribution in [1.29, 1.82) is 0 Å². The number of nitrogens with two attached hydrogens (primary N) is 1. The van der Waals surface area contributed by atoms with Crippen molar-refractivity contribution >= 4 is 11.8 Å². The van der Waals surface area contributed by atoms with Crippen molar-refractivity contribution in [2.75, 3.05) is 23.4 Å². The molecule has 0 amide bonds. The van der Waals surface area contributed by atoms with Gasteiger partial charge < -0.3 is 4.90 Å². The molecule has 94 valence electrons. The van der Waals surface area contributed by atoms with E-state index in [9.17, 15) is 13.2 Å². The number of hydrazine groups is 1. The van der Waals surface area contributed by atoms with E-state index in [2.05, 4.69) is 15.4 Å². The van der Waals surface area contributed by atoms with E-state index in [1.165, 1.54) is 0 Å². The minimum absolute atomic E-state index is 0.221. The van der Waals surface area contributed by atoms with Crippen LogP contribution in [0.25, 0.3) is 0 Å². The molecule has 0 atom stereocenters. The molecule has 1 aromatic heterocycles. The van der Waals surface area contributed by atoms with E-state index in [0.29, 0.717) is 13.1 Å². The minimum Gasteiger partial charge on any atom is -0.356 e. The molecule has 2 heterocycles. The highest BCUT2D eigenvalue weighted by Gasteiger charge is 2.34. The number of hydrogen-bond acceptors (Lipinski definition) is 5. The van der Waals surface area contributed by atoms with Crippen molar-refractivity contribution in [1.82, 2.24) is 9.97 Å². The van der Waals surface area contributed by atoms with Gasteiger partial charge in [0.1, 0.15) is 5.82 Å². The standard InChI is InChI=1S/C9H12F3N5/c10-9(11,12)6-5-7(15-8(14-6)16-13)17-3-1-2-4-17/h5H,1-4,13H2,(H,14,15,16). The Morgan fingerprint density at radius 3 is 2.41 bits per heavy atom. The first-order valence-corrected chi connectivity index (χ1v) is 5.18. The summed E-state index contributed by atoms with van der Waals surface area (Å²) in [6.45, 7) is 1.41. The van der Waals surface area contributed by atoms with E-state index in [1.807, 2.05) is 0 Å². The normalized spacial score (nSPS) is 16.4. The fraction of sp³-hybridized carbons (Fsp3) is 0.556. The Kier molecular flexibility index (Phi) is 3.05. The Balaban J connectivity index is 2.38. The van der Waals surface area contributed by atoms with Gasteiger partial charge in [0.2, 0.25) is 5.95 Å². The number of hydrogen-bond donors (Lipinski definition) is 2. The zero-order valence-electron chi connectivity index (χ0n) is 8.96. The van der Waals surface area contributed by atoms with Crippen molar-refractivity contribution in [2.45, 2.75) is 19.0 Å². The van der Waals surface area contributed by atoms with Crippen molar-refractivity contribution in [3.8, 4) is 0 Å². The van der Waals surface area contributed by atoms with E-state index in [4.69, 9.17) is 5.84 Å². The lowest BCUT2D eigenvalue weighted by Gasteiger charge is -2.18. The summed E-state index contributed by atoms with van der Waals surface area (Å²) < 4.78 is 37.8. The third kappa shape index (κ3) is 2.57. The zero-order chi connectivity index (χ0) is 12.5. The Morgan fingerprint density at radius 1 is 1.24 bits per heavy atom. The van der Waals surface area contributed by atoms with Crippen molar-refractivity contribution in [3.63, 3.8) is 0 Å². The fourth-order valence-electron chi connectivity index (χ4n) is 1.75. The average molecular weight is 247 g/mol. The zero-order valence-corrected chi connectivity index (χ0v) is 8.96. The first-order chi connectivity index (χ1) is 8.00. The van der Waals surface area contributed by atoms with E-state index < -0.39 is 11.9 Å². The van der Waals surface area contributed by atoms with Gasteiger partial charge in [-0.15, -0.1) is 0 Å². The van der Waals surface area contributed by atoms with E-state index in [1.54, 1.807) is 4.90 Å². The molecular weight excluding hydrogens is 235 g/mol. The Labute approximate surface area is 95.8 Å². The molecule has 17 heavy (non-hydrogen) atoms. The van der Waals surface area contributed by atoms with Gasteiger partial charge in [-0.3, -0.25) is 5.43 Å². The largest absolute Gasteiger partial charge is 0.433 e. The van der Waals surface area contributed by atoms with Crippen LogP contribution in [0.3, 0.4) is 0 Å². The maximum absolute atomic E-state index is 12.6. The number of aromatic nitrogens is 2. The van der Waals surface area contributed by atoms with Gasteiger partial charge >= 0.3 is 6.18 Å². The fourth-order valence-corrected chi connectivity index (χ4v) is 1.75. The molecule has 0 aliphatic carbocycles. The molecule has 0 unspecified atom stereocenters. The van der Waals surface area contributed by atoms with Crippen LogP contribution in [0.2, 0.25) is 0 Å². The minimum atomic E-state index is -4.50. The third-order valence-electron chi connectivity index (χ3n) is 2.56. The summed E-state index contributed by atoms with van der Waals surface area (Å²) in [6.07, 6.45) is -2.59. The van der Waals surface area contributed by atoms with Crippen LogP contribution >= 0.6 is 0 Å². The smallest absolute Gasteiger partial charge is 0.356 e. The maximum atomic E-state index is 12.6. The molecule has 2 rings (SSSR count). The lowest BCUT2D eigenvalue weighted by Crippen LogP contribution is -2.23. The molecular formula is C9H12F3N5. The predicted molar refractivity (Wildman–Crippen MR) is 56.3 cm³/mol. The second-order valence-electron chi connectivity index (χ2n) is 3.77. The van der Waals surface area contributed by atoms with Crippen molar-refractivity contribution in [2.24, 2.45) is 5.84 Å². The van der Waals surface area contributed by atoms with Crippen LogP contribution in [0.4, 0.5) is 24.9 Å². The second-order valence-corrected chi connectivity index (χ2v) is 3.77. The molecule has 1 saturated heterocycles. The monoisotopic (exact) mass is 247 g/mol. The van der Waals surface area contributed by atoms with E-state index in [0.717, 1.165) is 18.9 Å². The maximum Gasteiger partial charge on any atom is 0.433 e. The highest BCUT2D eigenvalue weighted by molar-refractivity contribution is 5.45. The highest BCUT2D eigenvalue weighted by Crippen LogP contribution is 2.31. The Morgan fingerprint density at radius 2 is 1.88 bits per heavy atom. The average Bonchev–Trinajstić information content (AvgIpc) is 2.80. The summed E-state index contributed by atoms with van der Waals surface area (Å²) in [5.74, 6) is 5.11. The number of alkyl halides is 3. The SMILES string of the molecule is NNc1nc(N2CCCC2)cc(C(F)(F)F)n1. The number of nitrogen functional groups attached to an aromatic ring is 1. The lowest BCUT2D eigenvalue weighted by molar-refractivity contribution is -0.141. The molecule has 5 nitrogen and oxygen atoms in total. The van der Waals surface area contributed by atoms with Gasteiger partial charge in [0.15, 0.2) is 5.69 Å². The van der Waals surface area contributed by atoms with Crippen molar-refractivity contribution in [3.05, 3.63) is 11.8 Å². The predicted octanol–water partition coefficient (Wildman–Crippen LogP) is 1.38. The van der Waals surface area contributed by atoms with Crippen LogP contribution in [0.15, 0.2) is 6.07 Å². The summed E-state index contributed by atoms with van der Waals surface area (Å²) in [7, 11) is 0. The first kappa shape index (κ1) is 11.9. The van der Waals surface area contributed by atoms with Crippen LogP contribution in [-0.2, 0) is 6.18 Å². The summed E-state index contributed by atoms with van der Waals surface area (Å²) in [6, 6.07) is 0.951. The number of halogens is 3. The van der Waals surface area contributed by atoms with E-state index in [-0.39, 0.29) is 11.8 Å². The number of rotatable bonds is 2. The third-order valence-corrected chi connectivity index (χ3v) is 2.56. The molecule has 1 aliphatic heterocycles. The van der Waals surface area contributed by atoms with Crippen LogP contribution in [0.5, 0.6) is 0 Å². The van der Waals surface area contributed by atoms with Crippen LogP contribution < -0.4 is 16.2 Å². The molecule has 0 saturated carbocycles. The topological polar surface area (TPSA) is 67.1 Å². The van der Waals surface area contributed by atoms with Gasteiger partial charge in [0.05, 0.1) is 0 Å². The summed E-state index contributed by atoms with van der Waals surface area (Å²) >= 11 is 0. The Bertz CT molecular complexity index is 400. The summed E-state index contributed by atoms with van der Waals surface area (Å²) in [5, 5.41) is 0. The molecule has 3 N–H and O–H groups in total. The van der Waals surface area contributed by atoms with Gasteiger partial charge in [-0.05, 0) is 12.8 Å². The molecule has 1 fully saturated rings. The van der Waals surface area contributed by atoms with E-state index >= 15 is 0 Å². The first-order valence-electron chi connectivity index (χ1n) is 5.18. The molecule has 0 radical (unpaired) electrons. The number of nitrogens with zero attached hydrogens (tertiary/aromatic N) is 3. The van der Waals surface area contributed by atoms with Gasteiger partial charge in [0, 0.05) is 19.2 Å². The molecule has 1 aromatic rings. The number of anilines is 2. The van der Waals surface area contributed by atoms with Gasteiger partial charge in [-0.2, -0.15) is 18.2 Å². The van der Waals surface area contributed by atoms with Crippen molar-refractivity contribution < 1.29 is 13.2 Å². The molecule has 0 spiro atoms. The highest BCUT2D eigenvalue weighted by atomic mass is 19.4. The van der Waals surface area contributed by atoms with Gasteiger partial charge in [-0.1, -0.05) is 0 Å². The summed E-state index contributed by atoms with van der Waals surface area (Å²) in [4.78, 5) is 9.01. The Hall–Kier alpha value is -1.57.